The summed E-state index contributed by atoms with van der Waals surface area (Å²) in [5, 5.41) is 4.00. The van der Waals surface area contributed by atoms with E-state index in [0.29, 0.717) is 41.9 Å². The quantitative estimate of drug-likeness (QED) is 0.724. The van der Waals surface area contributed by atoms with E-state index < -0.39 is 0 Å². The fourth-order valence-corrected chi connectivity index (χ4v) is 3.08. The van der Waals surface area contributed by atoms with Crippen molar-refractivity contribution < 1.29 is 23.2 Å². The Hall–Kier alpha value is -3.29. The van der Waals surface area contributed by atoms with E-state index in [1.807, 2.05) is 18.2 Å². The van der Waals surface area contributed by atoms with Crippen molar-refractivity contribution >= 4 is 11.6 Å². The zero-order valence-corrected chi connectivity index (χ0v) is 13.0. The molecule has 2 aromatic heterocycles. The summed E-state index contributed by atoms with van der Waals surface area (Å²) >= 11 is 0. The second kappa shape index (κ2) is 5.37. The third-order valence-corrected chi connectivity index (χ3v) is 4.33. The number of carbonyl (C=O) groups excluding carboxylic acids is 1. The van der Waals surface area contributed by atoms with Crippen molar-refractivity contribution in [3.05, 3.63) is 42.4 Å². The number of furan rings is 1. The van der Waals surface area contributed by atoms with E-state index in [1.54, 1.807) is 23.3 Å². The van der Waals surface area contributed by atoms with Crippen LogP contribution in [0, 0.1) is 0 Å². The van der Waals surface area contributed by atoms with Crippen LogP contribution in [-0.2, 0) is 4.79 Å². The van der Waals surface area contributed by atoms with E-state index in [1.165, 1.54) is 0 Å². The van der Waals surface area contributed by atoms with Crippen LogP contribution in [0.3, 0.4) is 0 Å². The Morgan fingerprint density at radius 1 is 1.16 bits per heavy atom. The molecule has 8 nitrogen and oxygen atoms in total. The maximum atomic E-state index is 12.4. The van der Waals surface area contributed by atoms with Gasteiger partial charge >= 0.3 is 0 Å². The molecule has 0 unspecified atom stereocenters. The third kappa shape index (κ3) is 2.34. The molecule has 1 aromatic carbocycles. The smallest absolute Gasteiger partial charge is 0.293 e. The van der Waals surface area contributed by atoms with Gasteiger partial charge in [-0.25, -0.2) is 0 Å². The summed E-state index contributed by atoms with van der Waals surface area (Å²) < 4.78 is 21.2. The van der Waals surface area contributed by atoms with Crippen molar-refractivity contribution in [2.24, 2.45) is 0 Å². The number of anilines is 1. The molecule has 0 bridgehead atoms. The van der Waals surface area contributed by atoms with E-state index in [2.05, 4.69) is 10.1 Å². The molecule has 126 valence electrons. The zero-order chi connectivity index (χ0) is 16.8. The topological polar surface area (TPSA) is 90.8 Å². The van der Waals surface area contributed by atoms with Gasteiger partial charge in [-0.05, 0) is 24.3 Å². The fourth-order valence-electron chi connectivity index (χ4n) is 3.08. The summed E-state index contributed by atoms with van der Waals surface area (Å²) in [5.74, 6) is 2.54. The first-order valence-electron chi connectivity index (χ1n) is 7.85. The Kier molecular flexibility index (Phi) is 3.03. The number of rotatable bonds is 3. The molecule has 1 amide bonds. The zero-order valence-electron chi connectivity index (χ0n) is 13.0. The van der Waals surface area contributed by atoms with E-state index in [9.17, 15) is 4.79 Å². The maximum absolute atomic E-state index is 12.4. The molecule has 2 aliphatic rings. The van der Waals surface area contributed by atoms with Crippen molar-refractivity contribution in [3.8, 4) is 23.1 Å². The highest BCUT2D eigenvalue weighted by Gasteiger charge is 2.35. The second-order valence-electron chi connectivity index (χ2n) is 5.88. The van der Waals surface area contributed by atoms with Crippen LogP contribution in [0.25, 0.3) is 11.7 Å². The van der Waals surface area contributed by atoms with Gasteiger partial charge in [0.05, 0.1) is 6.26 Å². The lowest BCUT2D eigenvalue weighted by molar-refractivity contribution is -0.117. The largest absolute Gasteiger partial charge is 0.459 e. The Morgan fingerprint density at radius 3 is 2.96 bits per heavy atom. The summed E-state index contributed by atoms with van der Waals surface area (Å²) in [6.07, 6.45) is 1.87. The minimum atomic E-state index is -0.134. The highest BCUT2D eigenvalue weighted by atomic mass is 16.7. The molecule has 0 aliphatic carbocycles. The monoisotopic (exact) mass is 339 g/mol. The minimum Gasteiger partial charge on any atom is -0.459 e. The Labute approximate surface area is 141 Å². The molecule has 5 rings (SSSR count). The number of carbonyl (C=O) groups is 1. The number of benzene rings is 1. The number of nitrogens with zero attached hydrogens (tertiary/aromatic N) is 3. The first kappa shape index (κ1) is 14.1. The maximum Gasteiger partial charge on any atom is 0.293 e. The average molecular weight is 339 g/mol. The lowest BCUT2D eigenvalue weighted by Crippen LogP contribution is -2.24. The van der Waals surface area contributed by atoms with Crippen molar-refractivity contribution in [1.82, 2.24) is 10.1 Å². The van der Waals surface area contributed by atoms with Gasteiger partial charge in [0, 0.05) is 30.6 Å². The van der Waals surface area contributed by atoms with Crippen molar-refractivity contribution in [1.29, 1.82) is 0 Å². The molecule has 0 spiro atoms. The van der Waals surface area contributed by atoms with E-state index in [-0.39, 0.29) is 18.6 Å². The number of amides is 1. The Morgan fingerprint density at radius 2 is 2.08 bits per heavy atom. The van der Waals surface area contributed by atoms with Gasteiger partial charge in [0.15, 0.2) is 23.1 Å². The van der Waals surface area contributed by atoms with Crippen LogP contribution >= 0.6 is 0 Å². The number of ether oxygens (including phenoxy) is 2. The van der Waals surface area contributed by atoms with Gasteiger partial charge in [-0.3, -0.25) is 4.79 Å². The molecule has 1 atom stereocenters. The van der Waals surface area contributed by atoms with Crippen LogP contribution in [0.1, 0.15) is 18.2 Å². The van der Waals surface area contributed by atoms with E-state index in [0.717, 1.165) is 5.69 Å². The first-order chi connectivity index (χ1) is 12.3. The van der Waals surface area contributed by atoms with E-state index in [4.69, 9.17) is 18.4 Å². The van der Waals surface area contributed by atoms with Crippen LogP contribution in [0.5, 0.6) is 11.5 Å². The van der Waals surface area contributed by atoms with Gasteiger partial charge < -0.3 is 23.3 Å². The number of hydrogen-bond acceptors (Lipinski definition) is 7. The lowest BCUT2D eigenvalue weighted by Gasteiger charge is -2.16. The minimum absolute atomic E-state index is 0.00761. The molecule has 25 heavy (non-hydrogen) atoms. The number of aromatic nitrogens is 2. The molecule has 0 radical (unpaired) electrons. The standard InChI is InChI=1S/C17H13N3O5/c21-15-6-10(16-18-17(25-19-16)13-2-1-5-22-13)8-20(15)11-3-4-12-14(7-11)24-9-23-12/h1-5,7,10H,6,8-9H2/t10-/m1/s1. The SMILES string of the molecule is O=C1C[C@@H](c2noc(-c3ccco3)n2)CN1c1ccc2c(c1)OCO2. The second-order valence-corrected chi connectivity index (χ2v) is 5.88. The van der Waals surface area contributed by atoms with Gasteiger partial charge in [-0.2, -0.15) is 4.98 Å². The van der Waals surface area contributed by atoms with Crippen LogP contribution in [0.15, 0.2) is 45.5 Å². The summed E-state index contributed by atoms with van der Waals surface area (Å²) in [6, 6.07) is 8.96. The Balaban J connectivity index is 1.38. The van der Waals surface area contributed by atoms with Gasteiger partial charge in [0.1, 0.15) is 0 Å². The van der Waals surface area contributed by atoms with Crippen LogP contribution in [-0.4, -0.2) is 29.4 Å². The molecular weight excluding hydrogens is 326 g/mol. The van der Waals surface area contributed by atoms with Crippen LogP contribution < -0.4 is 14.4 Å². The van der Waals surface area contributed by atoms with Crippen molar-refractivity contribution in [2.75, 3.05) is 18.2 Å². The van der Waals surface area contributed by atoms with Gasteiger partial charge in [-0.15, -0.1) is 0 Å². The first-order valence-corrected chi connectivity index (χ1v) is 7.85. The molecule has 3 aromatic rings. The van der Waals surface area contributed by atoms with Gasteiger partial charge in [0.25, 0.3) is 5.89 Å². The predicted octanol–water partition coefficient (Wildman–Crippen LogP) is 2.58. The normalized spacial score (nSPS) is 19.0. The van der Waals surface area contributed by atoms with Crippen LogP contribution in [0.2, 0.25) is 0 Å². The summed E-state index contributed by atoms with van der Waals surface area (Å²) in [5.41, 5.74) is 0.770. The lowest BCUT2D eigenvalue weighted by atomic mass is 10.1. The highest BCUT2D eigenvalue weighted by molar-refractivity contribution is 5.96. The fraction of sp³-hybridized carbons (Fsp3) is 0.235. The van der Waals surface area contributed by atoms with Crippen molar-refractivity contribution in [2.45, 2.75) is 12.3 Å². The summed E-state index contributed by atoms with van der Waals surface area (Å²) in [7, 11) is 0. The van der Waals surface area contributed by atoms with Gasteiger partial charge in [-0.1, -0.05) is 5.16 Å². The third-order valence-electron chi connectivity index (χ3n) is 4.33. The molecule has 4 heterocycles. The van der Waals surface area contributed by atoms with E-state index >= 15 is 0 Å². The summed E-state index contributed by atoms with van der Waals surface area (Å²) in [4.78, 5) is 18.5. The average Bonchev–Trinajstić information content (AvgIpc) is 3.39. The predicted molar refractivity (Wildman–Crippen MR) is 84.3 cm³/mol. The van der Waals surface area contributed by atoms with Crippen molar-refractivity contribution in [3.63, 3.8) is 0 Å². The molecule has 1 saturated heterocycles. The molecule has 8 heteroatoms. The highest BCUT2D eigenvalue weighted by Crippen LogP contribution is 2.38. The molecule has 2 aliphatic heterocycles. The Bertz CT molecular complexity index is 934. The molecular formula is C17H13N3O5. The molecule has 0 saturated carbocycles. The molecule has 0 N–H and O–H groups in total. The van der Waals surface area contributed by atoms with Gasteiger partial charge in [0.2, 0.25) is 12.7 Å². The van der Waals surface area contributed by atoms with Crippen LogP contribution in [0.4, 0.5) is 5.69 Å². The number of hydrogen-bond donors (Lipinski definition) is 0. The molecule has 1 fully saturated rings. The summed E-state index contributed by atoms with van der Waals surface area (Å²) in [6.45, 7) is 0.684. The number of fused-ring (bicyclic) bond motifs is 1.